The highest BCUT2D eigenvalue weighted by Crippen LogP contribution is 2.29. The summed E-state index contributed by atoms with van der Waals surface area (Å²) in [6.45, 7) is 1.46. The van der Waals surface area contributed by atoms with Gasteiger partial charge < -0.3 is 4.90 Å². The van der Waals surface area contributed by atoms with E-state index in [0.29, 0.717) is 12.2 Å². The minimum absolute atomic E-state index is 0.00913. The first kappa shape index (κ1) is 18.0. The molecule has 0 spiro atoms. The Bertz CT molecular complexity index is 1160. The Morgan fingerprint density at radius 3 is 2.79 bits per heavy atom. The molecule has 29 heavy (non-hydrogen) atoms. The number of pyridine rings is 2. The minimum atomic E-state index is 0.00913. The van der Waals surface area contributed by atoms with Gasteiger partial charge in [-0.2, -0.15) is 0 Å². The van der Waals surface area contributed by atoms with Crippen LogP contribution in [0.25, 0.3) is 21.5 Å². The largest absolute Gasteiger partial charge is 0.337 e. The molecular formula is C24H21N3OS. The van der Waals surface area contributed by atoms with E-state index in [9.17, 15) is 4.79 Å². The molecule has 1 saturated heterocycles. The summed E-state index contributed by atoms with van der Waals surface area (Å²) in [6.07, 6.45) is 2.03. The molecule has 144 valence electrons. The van der Waals surface area contributed by atoms with Gasteiger partial charge in [-0.15, -0.1) is 11.3 Å². The van der Waals surface area contributed by atoms with Crippen molar-refractivity contribution in [2.75, 3.05) is 13.1 Å². The maximum absolute atomic E-state index is 13.1. The number of fused-ring (bicyclic) bond motifs is 1. The van der Waals surface area contributed by atoms with Gasteiger partial charge in [-0.1, -0.05) is 36.4 Å². The summed E-state index contributed by atoms with van der Waals surface area (Å²) in [6, 6.07) is 22.1. The summed E-state index contributed by atoms with van der Waals surface area (Å²) < 4.78 is 0. The van der Waals surface area contributed by atoms with Crippen molar-refractivity contribution in [3.8, 4) is 10.6 Å². The van der Waals surface area contributed by atoms with Crippen LogP contribution in [0.4, 0.5) is 0 Å². The van der Waals surface area contributed by atoms with Gasteiger partial charge in [0, 0.05) is 30.1 Å². The van der Waals surface area contributed by atoms with Crippen LogP contribution in [0.2, 0.25) is 0 Å². The lowest BCUT2D eigenvalue weighted by Gasteiger charge is -2.32. The zero-order chi connectivity index (χ0) is 19.6. The van der Waals surface area contributed by atoms with Gasteiger partial charge in [-0.05, 0) is 48.6 Å². The van der Waals surface area contributed by atoms with Crippen LogP contribution in [0.5, 0.6) is 0 Å². The number of thiophene rings is 1. The minimum Gasteiger partial charge on any atom is -0.337 e. The highest BCUT2D eigenvalue weighted by atomic mass is 32.1. The number of amides is 1. The quantitative estimate of drug-likeness (QED) is 0.465. The van der Waals surface area contributed by atoms with Crippen molar-refractivity contribution in [3.05, 3.63) is 83.5 Å². The Labute approximate surface area is 173 Å². The summed E-state index contributed by atoms with van der Waals surface area (Å²) >= 11 is 1.70. The predicted octanol–water partition coefficient (Wildman–Crippen LogP) is 5.38. The molecule has 0 N–H and O–H groups in total. The fourth-order valence-electron chi connectivity index (χ4n) is 3.99. The lowest BCUT2D eigenvalue weighted by Crippen LogP contribution is -2.39. The first-order chi connectivity index (χ1) is 14.3. The molecule has 4 heterocycles. The van der Waals surface area contributed by atoms with Gasteiger partial charge in [0.15, 0.2) is 0 Å². The summed E-state index contributed by atoms with van der Waals surface area (Å²) in [7, 11) is 0. The molecule has 3 aromatic heterocycles. The van der Waals surface area contributed by atoms with E-state index in [1.807, 2.05) is 47.4 Å². The zero-order valence-electron chi connectivity index (χ0n) is 16.0. The van der Waals surface area contributed by atoms with Crippen molar-refractivity contribution in [1.29, 1.82) is 0 Å². The monoisotopic (exact) mass is 399 g/mol. The zero-order valence-corrected chi connectivity index (χ0v) is 16.8. The van der Waals surface area contributed by atoms with Crippen molar-refractivity contribution >= 4 is 28.1 Å². The molecule has 1 amide bonds. The number of carbonyl (C=O) groups excluding carboxylic acids is 1. The Balaban J connectivity index is 1.37. The molecule has 0 bridgehead atoms. The Hall–Kier alpha value is -3.05. The van der Waals surface area contributed by atoms with E-state index in [2.05, 4.69) is 34.6 Å². The molecule has 0 saturated carbocycles. The molecule has 0 aliphatic carbocycles. The SMILES string of the molecule is O=C(c1ccc2ccccc2n1)N1CCC[C@@H](c2cccc(-c3cccs3)n2)C1. The van der Waals surface area contributed by atoms with Gasteiger partial charge in [0.2, 0.25) is 0 Å². The van der Waals surface area contributed by atoms with Gasteiger partial charge in [0.05, 0.1) is 16.1 Å². The summed E-state index contributed by atoms with van der Waals surface area (Å²) in [5.74, 6) is 0.267. The number of hydrogen-bond acceptors (Lipinski definition) is 4. The van der Waals surface area contributed by atoms with Gasteiger partial charge >= 0.3 is 0 Å². The van der Waals surface area contributed by atoms with Crippen molar-refractivity contribution in [2.45, 2.75) is 18.8 Å². The second kappa shape index (κ2) is 7.76. The summed E-state index contributed by atoms with van der Waals surface area (Å²) in [5, 5.41) is 3.12. The average Bonchev–Trinajstić information content (AvgIpc) is 3.33. The maximum Gasteiger partial charge on any atom is 0.272 e. The average molecular weight is 400 g/mol. The van der Waals surface area contributed by atoms with E-state index < -0.39 is 0 Å². The fourth-order valence-corrected chi connectivity index (χ4v) is 4.69. The van der Waals surface area contributed by atoms with Crippen molar-refractivity contribution in [3.63, 3.8) is 0 Å². The number of hydrogen-bond donors (Lipinski definition) is 0. The van der Waals surface area contributed by atoms with Crippen LogP contribution in [-0.4, -0.2) is 33.9 Å². The van der Waals surface area contributed by atoms with Crippen LogP contribution >= 0.6 is 11.3 Å². The van der Waals surface area contributed by atoms with E-state index in [1.54, 1.807) is 11.3 Å². The highest BCUT2D eigenvalue weighted by molar-refractivity contribution is 7.13. The van der Waals surface area contributed by atoms with Crippen LogP contribution in [0.15, 0.2) is 72.1 Å². The number of rotatable bonds is 3. The Morgan fingerprint density at radius 1 is 0.966 bits per heavy atom. The third kappa shape index (κ3) is 3.66. The third-order valence-corrected chi connectivity index (χ3v) is 6.38. The van der Waals surface area contributed by atoms with Crippen LogP contribution in [0, 0.1) is 0 Å². The standard InChI is InChI=1S/C24H21N3OS/c28-24(22-13-12-17-6-1-2-8-19(17)26-22)27-14-4-7-18(16-27)20-9-3-10-21(25-20)23-11-5-15-29-23/h1-3,5-6,8-13,15,18H,4,7,14,16H2/t18-/m1/s1. The number of carbonyl (C=O) groups is 1. The summed E-state index contributed by atoms with van der Waals surface area (Å²) in [4.78, 5) is 25.7. The second-order valence-electron chi connectivity index (χ2n) is 7.40. The predicted molar refractivity (Wildman–Crippen MR) is 117 cm³/mol. The highest BCUT2D eigenvalue weighted by Gasteiger charge is 2.27. The van der Waals surface area contributed by atoms with Crippen molar-refractivity contribution in [2.24, 2.45) is 0 Å². The molecule has 1 aromatic carbocycles. The van der Waals surface area contributed by atoms with E-state index in [0.717, 1.165) is 41.7 Å². The van der Waals surface area contributed by atoms with Crippen LogP contribution < -0.4 is 0 Å². The number of benzene rings is 1. The maximum atomic E-state index is 13.1. The van der Waals surface area contributed by atoms with E-state index >= 15 is 0 Å². The molecule has 1 fully saturated rings. The molecule has 1 aliphatic rings. The van der Waals surface area contributed by atoms with Gasteiger partial charge in [0.25, 0.3) is 5.91 Å². The number of likely N-dealkylation sites (tertiary alicyclic amines) is 1. The topological polar surface area (TPSA) is 46.1 Å². The third-order valence-electron chi connectivity index (χ3n) is 5.49. The van der Waals surface area contributed by atoms with Crippen molar-refractivity contribution in [1.82, 2.24) is 14.9 Å². The number of nitrogens with zero attached hydrogens (tertiary/aromatic N) is 3. The van der Waals surface area contributed by atoms with Crippen LogP contribution in [0.1, 0.15) is 34.9 Å². The molecule has 1 aliphatic heterocycles. The molecular weight excluding hydrogens is 378 g/mol. The fraction of sp³-hybridized carbons (Fsp3) is 0.208. The van der Waals surface area contributed by atoms with Crippen molar-refractivity contribution < 1.29 is 4.79 Å². The molecule has 4 nitrogen and oxygen atoms in total. The van der Waals surface area contributed by atoms with Crippen LogP contribution in [0.3, 0.4) is 0 Å². The molecule has 5 rings (SSSR count). The van der Waals surface area contributed by atoms with Crippen LogP contribution in [-0.2, 0) is 0 Å². The summed E-state index contributed by atoms with van der Waals surface area (Å²) in [5.41, 5.74) is 3.46. The second-order valence-corrected chi connectivity index (χ2v) is 8.35. The lowest BCUT2D eigenvalue weighted by molar-refractivity contribution is 0.0700. The smallest absolute Gasteiger partial charge is 0.272 e. The first-order valence-corrected chi connectivity index (χ1v) is 10.8. The number of para-hydroxylation sites is 1. The van der Waals surface area contributed by atoms with E-state index in [-0.39, 0.29) is 11.8 Å². The number of piperidine rings is 1. The molecule has 5 heteroatoms. The molecule has 4 aromatic rings. The van der Waals surface area contributed by atoms with Gasteiger partial charge in [0.1, 0.15) is 5.69 Å². The lowest BCUT2D eigenvalue weighted by atomic mass is 9.93. The van der Waals surface area contributed by atoms with Gasteiger partial charge in [-0.25, -0.2) is 4.98 Å². The molecule has 0 radical (unpaired) electrons. The van der Waals surface area contributed by atoms with E-state index in [1.165, 1.54) is 4.88 Å². The van der Waals surface area contributed by atoms with Gasteiger partial charge in [-0.3, -0.25) is 9.78 Å². The molecule has 1 atom stereocenters. The first-order valence-electron chi connectivity index (χ1n) is 9.94. The van der Waals surface area contributed by atoms with E-state index in [4.69, 9.17) is 4.98 Å². The number of aromatic nitrogens is 2. The normalized spacial score (nSPS) is 16.8. The Kier molecular flexibility index (Phi) is 4.82. The molecule has 0 unspecified atom stereocenters. The Morgan fingerprint density at radius 2 is 1.90 bits per heavy atom.